The molecule has 4 rings (SSSR count). The molecule has 0 unspecified atom stereocenters. The van der Waals surface area contributed by atoms with E-state index in [1.54, 1.807) is 6.07 Å². The lowest BCUT2D eigenvalue weighted by Gasteiger charge is -2.36. The molecule has 6 nitrogen and oxygen atoms in total. The Kier molecular flexibility index (Phi) is 5.42. The van der Waals surface area contributed by atoms with Gasteiger partial charge in [-0.15, -0.1) is 10.2 Å². The van der Waals surface area contributed by atoms with Crippen LogP contribution in [0.1, 0.15) is 21.6 Å². The van der Waals surface area contributed by atoms with Gasteiger partial charge < -0.3 is 15.1 Å². The summed E-state index contributed by atoms with van der Waals surface area (Å²) >= 11 is 0. The third-order valence-corrected chi connectivity index (χ3v) is 5.37. The number of anilines is 3. The van der Waals surface area contributed by atoms with Crippen LogP contribution in [0.2, 0.25) is 0 Å². The summed E-state index contributed by atoms with van der Waals surface area (Å²) < 4.78 is 0. The molecule has 0 saturated carbocycles. The molecule has 2 heterocycles. The van der Waals surface area contributed by atoms with Gasteiger partial charge in [0.05, 0.1) is 0 Å². The lowest BCUT2D eigenvalue weighted by Crippen LogP contribution is -2.46. The van der Waals surface area contributed by atoms with Crippen molar-refractivity contribution < 1.29 is 4.79 Å². The molecule has 6 heteroatoms. The van der Waals surface area contributed by atoms with Gasteiger partial charge in [0.1, 0.15) is 0 Å². The fourth-order valence-corrected chi connectivity index (χ4v) is 3.46. The number of carbonyl (C=O) groups is 1. The Morgan fingerprint density at radius 1 is 0.828 bits per heavy atom. The molecule has 0 spiro atoms. The van der Waals surface area contributed by atoms with Crippen LogP contribution in [0.5, 0.6) is 0 Å². The maximum absolute atomic E-state index is 12.5. The van der Waals surface area contributed by atoms with Crippen LogP contribution < -0.4 is 15.1 Å². The van der Waals surface area contributed by atoms with E-state index < -0.39 is 0 Å². The Balaban J connectivity index is 1.36. The zero-order chi connectivity index (χ0) is 20.2. The third kappa shape index (κ3) is 4.37. The molecule has 1 aromatic heterocycles. The van der Waals surface area contributed by atoms with Crippen molar-refractivity contribution in [2.45, 2.75) is 13.8 Å². The Labute approximate surface area is 171 Å². The topological polar surface area (TPSA) is 61.4 Å². The first-order valence-electron chi connectivity index (χ1n) is 9.87. The number of amides is 1. The zero-order valence-corrected chi connectivity index (χ0v) is 16.8. The van der Waals surface area contributed by atoms with Crippen molar-refractivity contribution in [3.05, 3.63) is 77.5 Å². The second kappa shape index (κ2) is 8.31. The van der Waals surface area contributed by atoms with Gasteiger partial charge in [0, 0.05) is 37.6 Å². The van der Waals surface area contributed by atoms with Crippen LogP contribution in [0.4, 0.5) is 17.2 Å². The average Bonchev–Trinajstić information content (AvgIpc) is 2.77. The summed E-state index contributed by atoms with van der Waals surface area (Å²) in [6.07, 6.45) is 0. The van der Waals surface area contributed by atoms with E-state index in [0.717, 1.165) is 43.2 Å². The lowest BCUT2D eigenvalue weighted by molar-refractivity contribution is 0.102. The minimum Gasteiger partial charge on any atom is -0.368 e. The summed E-state index contributed by atoms with van der Waals surface area (Å²) in [6.45, 7) is 7.68. The molecule has 1 fully saturated rings. The van der Waals surface area contributed by atoms with Gasteiger partial charge in [0.25, 0.3) is 5.91 Å². The number of aryl methyl sites for hydroxylation is 2. The van der Waals surface area contributed by atoms with E-state index in [1.807, 2.05) is 44.2 Å². The van der Waals surface area contributed by atoms with Crippen LogP contribution in [0.15, 0.2) is 60.7 Å². The van der Waals surface area contributed by atoms with Crippen LogP contribution in [0, 0.1) is 13.8 Å². The van der Waals surface area contributed by atoms with E-state index in [0.29, 0.717) is 5.69 Å². The van der Waals surface area contributed by atoms with Crippen LogP contribution in [-0.2, 0) is 0 Å². The molecule has 0 aliphatic carbocycles. The Morgan fingerprint density at radius 2 is 1.55 bits per heavy atom. The molecular weight excluding hydrogens is 362 g/mol. The number of nitrogens with zero attached hydrogens (tertiary/aromatic N) is 4. The molecule has 1 N–H and O–H groups in total. The fraction of sp³-hybridized carbons (Fsp3) is 0.261. The number of nitrogens with one attached hydrogen (secondary N) is 1. The van der Waals surface area contributed by atoms with E-state index >= 15 is 0 Å². The van der Waals surface area contributed by atoms with Gasteiger partial charge in [0.2, 0.25) is 0 Å². The van der Waals surface area contributed by atoms with Gasteiger partial charge in [-0.25, -0.2) is 0 Å². The van der Waals surface area contributed by atoms with Crippen LogP contribution in [-0.4, -0.2) is 42.3 Å². The molecule has 0 atom stereocenters. The number of carbonyl (C=O) groups excluding carboxylic acids is 1. The van der Waals surface area contributed by atoms with E-state index in [9.17, 15) is 4.79 Å². The van der Waals surface area contributed by atoms with Crippen molar-refractivity contribution >= 4 is 23.1 Å². The van der Waals surface area contributed by atoms with Crippen molar-refractivity contribution in [3.63, 3.8) is 0 Å². The Morgan fingerprint density at radius 3 is 2.21 bits per heavy atom. The monoisotopic (exact) mass is 387 g/mol. The maximum Gasteiger partial charge on any atom is 0.276 e. The highest BCUT2D eigenvalue weighted by Crippen LogP contribution is 2.19. The summed E-state index contributed by atoms with van der Waals surface area (Å²) in [5.74, 6) is 0.557. The van der Waals surface area contributed by atoms with Gasteiger partial charge >= 0.3 is 0 Å². The molecule has 1 aliphatic heterocycles. The number of benzene rings is 2. The Hall–Kier alpha value is -3.41. The summed E-state index contributed by atoms with van der Waals surface area (Å²) in [5, 5.41) is 11.3. The second-order valence-electron chi connectivity index (χ2n) is 7.34. The molecule has 2 aromatic carbocycles. The minimum absolute atomic E-state index is 0.249. The molecule has 29 heavy (non-hydrogen) atoms. The quantitative estimate of drug-likeness (QED) is 0.740. The molecule has 148 valence electrons. The van der Waals surface area contributed by atoms with Crippen molar-refractivity contribution in [2.24, 2.45) is 0 Å². The first-order chi connectivity index (χ1) is 14.1. The van der Waals surface area contributed by atoms with Crippen molar-refractivity contribution in [3.8, 4) is 0 Å². The third-order valence-electron chi connectivity index (χ3n) is 5.37. The standard InChI is InChI=1S/C23H25N5O/c1-17-8-9-19(16-18(17)2)24-23(29)21-10-11-22(26-25-21)28-14-12-27(13-15-28)20-6-4-3-5-7-20/h3-11,16H,12-15H2,1-2H3,(H,24,29). The van der Waals surface area contributed by atoms with E-state index in [4.69, 9.17) is 0 Å². The van der Waals surface area contributed by atoms with E-state index in [2.05, 4.69) is 49.6 Å². The van der Waals surface area contributed by atoms with Crippen LogP contribution in [0.3, 0.4) is 0 Å². The molecule has 1 aliphatic rings. The second-order valence-corrected chi connectivity index (χ2v) is 7.34. The predicted octanol–water partition coefficient (Wildman–Crippen LogP) is 3.67. The van der Waals surface area contributed by atoms with Crippen LogP contribution >= 0.6 is 0 Å². The minimum atomic E-state index is -0.249. The lowest BCUT2D eigenvalue weighted by atomic mass is 10.1. The normalized spacial score (nSPS) is 14.0. The molecule has 1 amide bonds. The molecular formula is C23H25N5O. The number of aromatic nitrogens is 2. The number of para-hydroxylation sites is 1. The molecule has 0 bridgehead atoms. The molecule has 0 radical (unpaired) electrons. The largest absolute Gasteiger partial charge is 0.368 e. The highest BCUT2D eigenvalue weighted by Gasteiger charge is 2.19. The van der Waals surface area contributed by atoms with Gasteiger partial charge in [-0.05, 0) is 61.4 Å². The van der Waals surface area contributed by atoms with Crippen molar-refractivity contribution in [1.82, 2.24) is 10.2 Å². The highest BCUT2D eigenvalue weighted by atomic mass is 16.1. The first-order valence-corrected chi connectivity index (χ1v) is 9.87. The predicted molar refractivity (Wildman–Crippen MR) is 117 cm³/mol. The summed E-state index contributed by atoms with van der Waals surface area (Å²) in [4.78, 5) is 17.0. The Bertz CT molecular complexity index is 980. The van der Waals surface area contributed by atoms with Gasteiger partial charge in [-0.1, -0.05) is 24.3 Å². The van der Waals surface area contributed by atoms with Gasteiger partial charge in [0.15, 0.2) is 11.5 Å². The maximum atomic E-state index is 12.5. The molecule has 1 saturated heterocycles. The average molecular weight is 387 g/mol. The first kappa shape index (κ1) is 18.9. The number of hydrogen-bond donors (Lipinski definition) is 1. The summed E-state index contributed by atoms with van der Waals surface area (Å²) in [7, 11) is 0. The number of piperazine rings is 1. The SMILES string of the molecule is Cc1ccc(NC(=O)c2ccc(N3CCN(c4ccccc4)CC3)nn2)cc1C. The molecule has 3 aromatic rings. The van der Waals surface area contributed by atoms with Gasteiger partial charge in [-0.2, -0.15) is 0 Å². The smallest absolute Gasteiger partial charge is 0.276 e. The fourth-order valence-electron chi connectivity index (χ4n) is 3.46. The van der Waals surface area contributed by atoms with Crippen molar-refractivity contribution in [2.75, 3.05) is 41.3 Å². The summed E-state index contributed by atoms with van der Waals surface area (Å²) in [5.41, 5.74) is 4.66. The van der Waals surface area contributed by atoms with Crippen molar-refractivity contribution in [1.29, 1.82) is 0 Å². The highest BCUT2D eigenvalue weighted by molar-refractivity contribution is 6.02. The summed E-state index contributed by atoms with van der Waals surface area (Å²) in [6, 6.07) is 19.9. The zero-order valence-electron chi connectivity index (χ0n) is 16.8. The van der Waals surface area contributed by atoms with E-state index in [1.165, 1.54) is 11.3 Å². The van der Waals surface area contributed by atoms with Gasteiger partial charge in [-0.3, -0.25) is 4.79 Å². The van der Waals surface area contributed by atoms with E-state index in [-0.39, 0.29) is 5.91 Å². The number of rotatable bonds is 4. The van der Waals surface area contributed by atoms with Crippen LogP contribution in [0.25, 0.3) is 0 Å². The number of hydrogen-bond acceptors (Lipinski definition) is 5.